The van der Waals surface area contributed by atoms with Gasteiger partial charge < -0.3 is 5.11 Å². The number of halogens is 2. The molecule has 0 saturated carbocycles. The molecule has 2 N–H and O–H groups in total. The SMILES string of the molecule is Cc1cc(C)nc(SCC(=O)N/N=C/c2cc(I)cc(I)c2O)n1. The number of rotatable bonds is 5. The van der Waals surface area contributed by atoms with Gasteiger partial charge in [-0.1, -0.05) is 11.8 Å². The lowest BCUT2D eigenvalue weighted by Gasteiger charge is -2.04. The van der Waals surface area contributed by atoms with Crippen molar-refractivity contribution >= 4 is 69.1 Å². The fourth-order valence-corrected chi connectivity index (χ4v) is 4.41. The minimum absolute atomic E-state index is 0.145. The van der Waals surface area contributed by atoms with E-state index in [4.69, 9.17) is 0 Å². The summed E-state index contributed by atoms with van der Waals surface area (Å²) in [7, 11) is 0. The maximum absolute atomic E-state index is 11.8. The molecule has 24 heavy (non-hydrogen) atoms. The van der Waals surface area contributed by atoms with E-state index in [0.29, 0.717) is 10.7 Å². The Morgan fingerprint density at radius 3 is 2.62 bits per heavy atom. The predicted octanol–water partition coefficient (Wildman–Crippen LogP) is 3.25. The van der Waals surface area contributed by atoms with Crippen LogP contribution in [0.5, 0.6) is 5.75 Å². The summed E-state index contributed by atoms with van der Waals surface area (Å²) in [5.41, 5.74) is 4.72. The number of phenolic OH excluding ortho intramolecular Hbond substituents is 1. The fourth-order valence-electron chi connectivity index (χ4n) is 1.78. The normalized spacial score (nSPS) is 11.0. The van der Waals surface area contributed by atoms with E-state index in [-0.39, 0.29) is 17.4 Å². The molecular weight excluding hydrogens is 554 g/mol. The molecule has 1 aromatic heterocycles. The number of aryl methyl sites for hydroxylation is 2. The number of benzene rings is 1. The van der Waals surface area contributed by atoms with Crippen molar-refractivity contribution in [2.24, 2.45) is 5.10 Å². The summed E-state index contributed by atoms with van der Waals surface area (Å²) in [6.07, 6.45) is 1.43. The third-order valence-corrected chi connectivity index (χ3v) is 5.04. The Hall–Kier alpha value is -0.950. The molecular formula is C15H14I2N4O2S. The topological polar surface area (TPSA) is 87.5 Å². The molecule has 0 aliphatic heterocycles. The van der Waals surface area contributed by atoms with Gasteiger partial charge in [-0.3, -0.25) is 4.79 Å². The Labute approximate surface area is 171 Å². The van der Waals surface area contributed by atoms with Gasteiger partial charge in [-0.15, -0.1) is 0 Å². The van der Waals surface area contributed by atoms with Crippen molar-refractivity contribution in [1.29, 1.82) is 0 Å². The van der Waals surface area contributed by atoms with E-state index in [9.17, 15) is 9.90 Å². The van der Waals surface area contributed by atoms with E-state index < -0.39 is 0 Å². The number of hydrazone groups is 1. The number of hydrogen-bond acceptors (Lipinski definition) is 6. The van der Waals surface area contributed by atoms with Crippen LogP contribution in [0.2, 0.25) is 0 Å². The lowest BCUT2D eigenvalue weighted by atomic mass is 10.2. The third kappa shape index (κ3) is 5.84. The third-order valence-electron chi connectivity index (χ3n) is 2.74. The van der Waals surface area contributed by atoms with Crippen molar-refractivity contribution < 1.29 is 9.90 Å². The van der Waals surface area contributed by atoms with Crippen molar-refractivity contribution in [3.8, 4) is 5.75 Å². The van der Waals surface area contributed by atoms with Crippen molar-refractivity contribution in [3.63, 3.8) is 0 Å². The Morgan fingerprint density at radius 2 is 1.96 bits per heavy atom. The molecule has 6 nitrogen and oxygen atoms in total. The zero-order valence-electron chi connectivity index (χ0n) is 12.9. The van der Waals surface area contributed by atoms with Crippen molar-refractivity contribution in [1.82, 2.24) is 15.4 Å². The Balaban J connectivity index is 1.91. The summed E-state index contributed by atoms with van der Waals surface area (Å²) in [5, 5.41) is 14.4. The number of nitrogens with zero attached hydrogens (tertiary/aromatic N) is 3. The number of carbonyl (C=O) groups excluding carboxylic acids is 1. The average molecular weight is 568 g/mol. The number of aromatic hydroxyl groups is 1. The predicted molar refractivity (Wildman–Crippen MR) is 112 cm³/mol. The van der Waals surface area contributed by atoms with Crippen LogP contribution in [0.15, 0.2) is 28.5 Å². The summed E-state index contributed by atoms with van der Waals surface area (Å²) in [5.74, 6) is 0.0432. The van der Waals surface area contributed by atoms with Crippen LogP contribution in [0.3, 0.4) is 0 Å². The Bertz CT molecular complexity index is 779. The first-order valence-electron chi connectivity index (χ1n) is 6.80. The summed E-state index contributed by atoms with van der Waals surface area (Å²) in [4.78, 5) is 20.4. The van der Waals surface area contributed by atoms with E-state index in [1.165, 1.54) is 18.0 Å². The van der Waals surface area contributed by atoms with Crippen LogP contribution in [-0.4, -0.2) is 32.9 Å². The molecule has 0 unspecified atom stereocenters. The first-order chi connectivity index (χ1) is 11.3. The highest BCUT2D eigenvalue weighted by Crippen LogP contribution is 2.25. The lowest BCUT2D eigenvalue weighted by molar-refractivity contribution is -0.118. The van der Waals surface area contributed by atoms with E-state index in [2.05, 4.69) is 43.1 Å². The van der Waals surface area contributed by atoms with Crippen molar-refractivity contribution in [2.75, 3.05) is 5.75 Å². The van der Waals surface area contributed by atoms with Crippen LogP contribution in [0.1, 0.15) is 17.0 Å². The number of thioether (sulfide) groups is 1. The quantitative estimate of drug-likeness (QED) is 0.190. The molecule has 1 aromatic carbocycles. The molecule has 9 heteroatoms. The number of aromatic nitrogens is 2. The molecule has 0 atom stereocenters. The molecule has 0 spiro atoms. The maximum atomic E-state index is 11.8. The van der Waals surface area contributed by atoms with Crippen LogP contribution < -0.4 is 5.43 Å². The molecule has 1 amide bonds. The van der Waals surface area contributed by atoms with E-state index in [1.807, 2.05) is 48.6 Å². The lowest BCUT2D eigenvalue weighted by Crippen LogP contribution is -2.19. The molecule has 126 valence electrons. The molecule has 0 aliphatic carbocycles. The second-order valence-electron chi connectivity index (χ2n) is 4.84. The van der Waals surface area contributed by atoms with Crippen molar-refractivity contribution in [2.45, 2.75) is 19.0 Å². The van der Waals surface area contributed by atoms with Crippen LogP contribution in [0.25, 0.3) is 0 Å². The summed E-state index contributed by atoms with van der Waals surface area (Å²) < 4.78 is 1.71. The van der Waals surface area contributed by atoms with Crippen LogP contribution in [0.4, 0.5) is 0 Å². The van der Waals surface area contributed by atoms with Gasteiger partial charge in [0.25, 0.3) is 5.91 Å². The minimum atomic E-state index is -0.265. The molecule has 0 radical (unpaired) electrons. The second kappa shape index (κ2) is 8.94. The van der Waals surface area contributed by atoms with E-state index in [1.54, 1.807) is 6.07 Å². The number of carbonyl (C=O) groups is 1. The van der Waals surface area contributed by atoms with E-state index >= 15 is 0 Å². The van der Waals surface area contributed by atoms with Gasteiger partial charge in [-0.25, -0.2) is 15.4 Å². The zero-order valence-corrected chi connectivity index (χ0v) is 18.0. The number of hydrogen-bond donors (Lipinski definition) is 2. The summed E-state index contributed by atoms with van der Waals surface area (Å²) in [6, 6.07) is 5.52. The molecule has 0 fully saturated rings. The fraction of sp³-hybridized carbons (Fsp3) is 0.200. The molecule has 0 aliphatic rings. The molecule has 2 aromatic rings. The van der Waals surface area contributed by atoms with Gasteiger partial charge in [0.05, 0.1) is 15.5 Å². The van der Waals surface area contributed by atoms with Gasteiger partial charge in [0.2, 0.25) is 0 Å². The van der Waals surface area contributed by atoms with Gasteiger partial charge in [-0.2, -0.15) is 5.10 Å². The first kappa shape index (κ1) is 19.4. The molecule has 1 heterocycles. The zero-order chi connectivity index (χ0) is 17.7. The smallest absolute Gasteiger partial charge is 0.250 e. The Kier molecular flexibility index (Phi) is 7.22. The molecule has 0 saturated heterocycles. The van der Waals surface area contributed by atoms with Gasteiger partial charge in [0, 0.05) is 20.5 Å². The highest BCUT2D eigenvalue weighted by molar-refractivity contribution is 14.1. The second-order valence-corrected chi connectivity index (χ2v) is 8.19. The first-order valence-corrected chi connectivity index (χ1v) is 9.94. The summed E-state index contributed by atoms with van der Waals surface area (Å²) >= 11 is 5.45. The molecule has 0 bridgehead atoms. The van der Waals surface area contributed by atoms with Crippen LogP contribution in [0, 0.1) is 21.0 Å². The maximum Gasteiger partial charge on any atom is 0.250 e. The van der Waals surface area contributed by atoms with Gasteiger partial charge in [-0.05, 0) is 77.2 Å². The highest BCUT2D eigenvalue weighted by Gasteiger charge is 2.07. The number of phenols is 1. The van der Waals surface area contributed by atoms with E-state index in [0.717, 1.165) is 18.5 Å². The van der Waals surface area contributed by atoms with Crippen LogP contribution in [-0.2, 0) is 4.79 Å². The largest absolute Gasteiger partial charge is 0.506 e. The molecule has 2 rings (SSSR count). The Morgan fingerprint density at radius 1 is 1.29 bits per heavy atom. The van der Waals surface area contributed by atoms with Crippen LogP contribution >= 0.6 is 56.9 Å². The standard InChI is InChI=1S/C15H14I2N4O2S/c1-8-3-9(2)20-15(19-8)24-7-13(22)21-18-6-10-4-11(16)5-12(17)14(10)23/h3-6,23H,7H2,1-2H3,(H,21,22)/b18-6+. The van der Waals surface area contributed by atoms with Crippen molar-refractivity contribution in [3.05, 3.63) is 42.3 Å². The number of amides is 1. The van der Waals surface area contributed by atoms with Gasteiger partial charge in [0.1, 0.15) is 5.75 Å². The average Bonchev–Trinajstić information content (AvgIpc) is 2.49. The number of nitrogens with one attached hydrogen (secondary N) is 1. The summed E-state index contributed by atoms with van der Waals surface area (Å²) in [6.45, 7) is 3.77. The highest BCUT2D eigenvalue weighted by atomic mass is 127. The van der Waals surface area contributed by atoms with Gasteiger partial charge in [0.15, 0.2) is 5.16 Å². The monoisotopic (exact) mass is 568 g/mol. The van der Waals surface area contributed by atoms with Gasteiger partial charge >= 0.3 is 0 Å². The minimum Gasteiger partial charge on any atom is -0.506 e.